The fraction of sp³-hybridized carbons (Fsp3) is 0.182. The largest absolute Gasteiger partial charge is 0.371 e. The van der Waals surface area contributed by atoms with Crippen molar-refractivity contribution in [2.75, 3.05) is 5.32 Å². The Kier molecular flexibility index (Phi) is 3.41. The standard InChI is InChI=1S/C11H10F2N4O2/c1-16-6-14-4-8(16)5-15-11-9(13)2-7(12)3-10(11)17(18)19/h2-4,6,15H,5H2,1H3. The second-order valence-corrected chi connectivity index (χ2v) is 3.89. The zero-order valence-corrected chi connectivity index (χ0v) is 9.93. The summed E-state index contributed by atoms with van der Waals surface area (Å²) >= 11 is 0. The predicted octanol–water partition coefficient (Wildman–Crippen LogP) is 2.22. The summed E-state index contributed by atoms with van der Waals surface area (Å²) < 4.78 is 28.2. The van der Waals surface area contributed by atoms with Gasteiger partial charge in [-0.15, -0.1) is 0 Å². The average Bonchev–Trinajstić information content (AvgIpc) is 2.73. The van der Waals surface area contributed by atoms with Crippen molar-refractivity contribution in [3.8, 4) is 0 Å². The van der Waals surface area contributed by atoms with Gasteiger partial charge in [0.2, 0.25) is 0 Å². The van der Waals surface area contributed by atoms with Gasteiger partial charge in [-0.05, 0) is 0 Å². The van der Waals surface area contributed by atoms with Crippen LogP contribution in [0.15, 0.2) is 24.7 Å². The molecule has 0 atom stereocenters. The van der Waals surface area contributed by atoms with E-state index in [4.69, 9.17) is 0 Å². The molecule has 0 fully saturated rings. The number of aryl methyl sites for hydroxylation is 1. The lowest BCUT2D eigenvalue weighted by atomic mass is 10.2. The summed E-state index contributed by atoms with van der Waals surface area (Å²) in [5, 5.41) is 13.4. The number of hydrogen-bond acceptors (Lipinski definition) is 4. The molecule has 2 aromatic rings. The molecule has 1 aromatic carbocycles. The first-order valence-electron chi connectivity index (χ1n) is 5.31. The fourth-order valence-corrected chi connectivity index (χ4v) is 1.61. The third-order valence-corrected chi connectivity index (χ3v) is 2.59. The topological polar surface area (TPSA) is 73.0 Å². The van der Waals surface area contributed by atoms with Crippen LogP contribution in [0, 0.1) is 21.7 Å². The van der Waals surface area contributed by atoms with Gasteiger partial charge >= 0.3 is 0 Å². The monoisotopic (exact) mass is 268 g/mol. The van der Waals surface area contributed by atoms with E-state index in [9.17, 15) is 18.9 Å². The van der Waals surface area contributed by atoms with Gasteiger partial charge in [-0.25, -0.2) is 13.8 Å². The van der Waals surface area contributed by atoms with Crippen molar-refractivity contribution in [2.24, 2.45) is 7.05 Å². The van der Waals surface area contributed by atoms with Crippen LogP contribution in [0.5, 0.6) is 0 Å². The van der Waals surface area contributed by atoms with Gasteiger partial charge in [0.25, 0.3) is 5.69 Å². The van der Waals surface area contributed by atoms with Crippen molar-refractivity contribution in [1.82, 2.24) is 9.55 Å². The molecule has 0 amide bonds. The highest BCUT2D eigenvalue weighted by Gasteiger charge is 2.20. The van der Waals surface area contributed by atoms with E-state index in [0.29, 0.717) is 17.8 Å². The summed E-state index contributed by atoms with van der Waals surface area (Å²) in [6.07, 6.45) is 3.09. The van der Waals surface area contributed by atoms with Gasteiger partial charge in [-0.3, -0.25) is 10.1 Å². The van der Waals surface area contributed by atoms with E-state index < -0.39 is 22.2 Å². The summed E-state index contributed by atoms with van der Waals surface area (Å²) in [5.74, 6) is -2.00. The molecule has 100 valence electrons. The number of nitro benzene ring substituents is 1. The number of nitrogens with one attached hydrogen (secondary N) is 1. The van der Waals surface area contributed by atoms with Crippen molar-refractivity contribution in [3.63, 3.8) is 0 Å². The molecule has 0 radical (unpaired) electrons. The minimum Gasteiger partial charge on any atom is -0.371 e. The van der Waals surface area contributed by atoms with Crippen LogP contribution in [-0.2, 0) is 13.6 Å². The molecule has 1 heterocycles. The minimum atomic E-state index is -1.01. The number of aromatic nitrogens is 2. The second-order valence-electron chi connectivity index (χ2n) is 3.89. The van der Waals surface area contributed by atoms with E-state index >= 15 is 0 Å². The molecule has 0 unspecified atom stereocenters. The first-order chi connectivity index (χ1) is 8.99. The smallest absolute Gasteiger partial charge is 0.298 e. The number of hydrogen-bond donors (Lipinski definition) is 1. The molecule has 0 aliphatic carbocycles. The molecule has 0 aliphatic rings. The Morgan fingerprint density at radius 2 is 2.21 bits per heavy atom. The molecule has 0 bridgehead atoms. The summed E-state index contributed by atoms with van der Waals surface area (Å²) in [5.41, 5.74) is -0.273. The Hall–Kier alpha value is -2.51. The van der Waals surface area contributed by atoms with E-state index in [2.05, 4.69) is 10.3 Å². The van der Waals surface area contributed by atoms with Crippen molar-refractivity contribution in [1.29, 1.82) is 0 Å². The molecule has 0 spiro atoms. The van der Waals surface area contributed by atoms with Gasteiger partial charge in [-0.2, -0.15) is 0 Å². The molecular formula is C11H10F2N4O2. The first-order valence-corrected chi connectivity index (χ1v) is 5.31. The number of anilines is 1. The van der Waals surface area contributed by atoms with Gasteiger partial charge in [0.15, 0.2) is 5.82 Å². The molecule has 6 nitrogen and oxygen atoms in total. The highest BCUT2D eigenvalue weighted by atomic mass is 19.1. The van der Waals surface area contributed by atoms with Gasteiger partial charge in [-0.1, -0.05) is 0 Å². The predicted molar refractivity (Wildman–Crippen MR) is 63.5 cm³/mol. The molecule has 0 saturated carbocycles. The van der Waals surface area contributed by atoms with Crippen molar-refractivity contribution in [2.45, 2.75) is 6.54 Å². The Morgan fingerprint density at radius 1 is 1.47 bits per heavy atom. The number of rotatable bonds is 4. The first kappa shape index (κ1) is 12.9. The third kappa shape index (κ3) is 2.67. The Morgan fingerprint density at radius 3 is 2.79 bits per heavy atom. The van der Waals surface area contributed by atoms with E-state index in [-0.39, 0.29) is 12.2 Å². The molecule has 8 heteroatoms. The van der Waals surface area contributed by atoms with Crippen LogP contribution in [0.25, 0.3) is 0 Å². The maximum atomic E-state index is 13.6. The lowest BCUT2D eigenvalue weighted by Gasteiger charge is -2.08. The van der Waals surface area contributed by atoms with Crippen LogP contribution in [0.4, 0.5) is 20.2 Å². The van der Waals surface area contributed by atoms with E-state index in [0.717, 1.165) is 0 Å². The molecule has 0 aliphatic heterocycles. The molecule has 1 aromatic heterocycles. The number of imidazole rings is 1. The van der Waals surface area contributed by atoms with Crippen LogP contribution < -0.4 is 5.32 Å². The normalized spacial score (nSPS) is 10.5. The maximum absolute atomic E-state index is 13.6. The molecular weight excluding hydrogens is 258 g/mol. The highest BCUT2D eigenvalue weighted by Crippen LogP contribution is 2.28. The fourth-order valence-electron chi connectivity index (χ4n) is 1.61. The van der Waals surface area contributed by atoms with E-state index in [1.807, 2.05) is 0 Å². The number of benzene rings is 1. The summed E-state index contributed by atoms with van der Waals surface area (Å²) in [7, 11) is 1.74. The van der Waals surface area contributed by atoms with Crippen molar-refractivity contribution < 1.29 is 13.7 Å². The minimum absolute atomic E-state index is 0.139. The Balaban J connectivity index is 2.29. The zero-order valence-electron chi connectivity index (χ0n) is 9.93. The SMILES string of the molecule is Cn1cncc1CNc1c(F)cc(F)cc1[N+](=O)[O-]. The number of nitrogens with zero attached hydrogens (tertiary/aromatic N) is 3. The molecule has 0 saturated heterocycles. The van der Waals surface area contributed by atoms with Crippen molar-refractivity contribution in [3.05, 3.63) is 52.1 Å². The van der Waals surface area contributed by atoms with Gasteiger partial charge in [0, 0.05) is 19.3 Å². The van der Waals surface area contributed by atoms with Crippen molar-refractivity contribution >= 4 is 11.4 Å². The summed E-state index contributed by atoms with van der Waals surface area (Å²) in [4.78, 5) is 13.8. The quantitative estimate of drug-likeness (QED) is 0.681. The summed E-state index contributed by atoms with van der Waals surface area (Å²) in [6, 6.07) is 1.27. The molecule has 2 rings (SSSR count). The summed E-state index contributed by atoms with van der Waals surface area (Å²) in [6.45, 7) is 0.139. The lowest BCUT2D eigenvalue weighted by Crippen LogP contribution is -2.08. The maximum Gasteiger partial charge on any atom is 0.298 e. The second kappa shape index (κ2) is 5.01. The highest BCUT2D eigenvalue weighted by molar-refractivity contribution is 5.62. The van der Waals surface area contributed by atoms with E-state index in [1.54, 1.807) is 24.1 Å². The average molecular weight is 268 g/mol. The molecule has 1 N–H and O–H groups in total. The third-order valence-electron chi connectivity index (χ3n) is 2.59. The zero-order chi connectivity index (χ0) is 14.0. The van der Waals surface area contributed by atoms with Crippen LogP contribution >= 0.6 is 0 Å². The van der Waals surface area contributed by atoms with Crippen LogP contribution in [0.2, 0.25) is 0 Å². The van der Waals surface area contributed by atoms with Crippen LogP contribution in [-0.4, -0.2) is 14.5 Å². The lowest BCUT2D eigenvalue weighted by molar-refractivity contribution is -0.384. The van der Waals surface area contributed by atoms with Crippen LogP contribution in [0.3, 0.4) is 0 Å². The van der Waals surface area contributed by atoms with Gasteiger partial charge in [0.05, 0.1) is 29.6 Å². The van der Waals surface area contributed by atoms with Gasteiger partial charge in [0.1, 0.15) is 11.5 Å². The van der Waals surface area contributed by atoms with E-state index in [1.165, 1.54) is 0 Å². The Labute approximate surface area is 106 Å². The number of halogens is 2. The molecule has 19 heavy (non-hydrogen) atoms. The van der Waals surface area contributed by atoms with Gasteiger partial charge < -0.3 is 9.88 Å². The number of nitro groups is 1. The Bertz CT molecular complexity index is 627. The van der Waals surface area contributed by atoms with Crippen LogP contribution in [0.1, 0.15) is 5.69 Å².